The molecule has 146 valence electrons. The fraction of sp³-hybridized carbons (Fsp3) is 0.700. The summed E-state index contributed by atoms with van der Waals surface area (Å²) in [5.41, 5.74) is -0.730. The van der Waals surface area contributed by atoms with E-state index in [1.165, 1.54) is 6.08 Å². The number of allylic oxidation sites excluding steroid dienone is 1. The molecule has 2 bridgehead atoms. The van der Waals surface area contributed by atoms with Crippen LogP contribution in [-0.4, -0.2) is 57.8 Å². The highest BCUT2D eigenvalue weighted by molar-refractivity contribution is 5.96. The minimum absolute atomic E-state index is 0.0436. The first-order chi connectivity index (χ1) is 12.6. The molecule has 5 rings (SSSR count). The summed E-state index contributed by atoms with van der Waals surface area (Å²) in [5.74, 6) is -4.25. The number of fused-ring (bicyclic) bond motifs is 1. The Morgan fingerprint density at radius 2 is 1.93 bits per heavy atom. The van der Waals surface area contributed by atoms with Crippen LogP contribution in [0.15, 0.2) is 23.8 Å². The lowest BCUT2D eigenvalue weighted by Gasteiger charge is -2.66. The zero-order valence-electron chi connectivity index (χ0n) is 15.3. The second kappa shape index (κ2) is 4.89. The maximum atomic E-state index is 12.5. The molecule has 9 atom stereocenters. The lowest BCUT2D eigenvalue weighted by molar-refractivity contribution is -0.305. The molecule has 0 aromatic rings. The number of aliphatic hydroxyl groups is 3. The normalized spacial score (nSPS) is 56.2. The number of ether oxygens (including phenoxy) is 2. The molecular weight excluding hydrogens is 352 g/mol. The Labute approximate surface area is 156 Å². The average molecular weight is 376 g/mol. The van der Waals surface area contributed by atoms with Crippen molar-refractivity contribution in [1.82, 2.24) is 0 Å². The predicted octanol–water partition coefficient (Wildman–Crippen LogP) is 0.0863. The third-order valence-corrected chi connectivity index (χ3v) is 8.19. The van der Waals surface area contributed by atoms with Gasteiger partial charge < -0.3 is 24.8 Å². The molecule has 2 aliphatic heterocycles. The van der Waals surface area contributed by atoms with Crippen LogP contribution >= 0.6 is 0 Å². The van der Waals surface area contributed by atoms with E-state index >= 15 is 0 Å². The van der Waals surface area contributed by atoms with E-state index in [0.29, 0.717) is 12.0 Å². The average Bonchev–Trinajstić information content (AvgIpc) is 2.90. The van der Waals surface area contributed by atoms with Crippen LogP contribution in [0.2, 0.25) is 0 Å². The Morgan fingerprint density at radius 1 is 1.22 bits per heavy atom. The molecule has 27 heavy (non-hydrogen) atoms. The summed E-state index contributed by atoms with van der Waals surface area (Å²) in [7, 11) is 0. The topological polar surface area (TPSA) is 113 Å². The molecule has 2 heterocycles. The van der Waals surface area contributed by atoms with Crippen molar-refractivity contribution in [3.8, 4) is 0 Å². The quantitative estimate of drug-likeness (QED) is 0.405. The maximum Gasteiger partial charge on any atom is 0.306 e. The van der Waals surface area contributed by atoms with Crippen LogP contribution < -0.4 is 0 Å². The van der Waals surface area contributed by atoms with Crippen molar-refractivity contribution in [2.24, 2.45) is 28.6 Å². The highest BCUT2D eigenvalue weighted by atomic mass is 16.6. The smallest absolute Gasteiger partial charge is 0.306 e. The number of aliphatic hydroxyl groups excluding tert-OH is 2. The van der Waals surface area contributed by atoms with E-state index in [-0.39, 0.29) is 24.9 Å². The third-order valence-electron chi connectivity index (χ3n) is 8.19. The van der Waals surface area contributed by atoms with Crippen molar-refractivity contribution in [3.05, 3.63) is 23.8 Å². The largest absolute Gasteiger partial charge is 0.462 e. The number of ketones is 1. The number of esters is 1. The van der Waals surface area contributed by atoms with Gasteiger partial charge in [-0.3, -0.25) is 9.59 Å². The standard InChI is InChI=1S/C20H24O7/c1-8-4-12(21)16(24)18(3)10(8)5-13-19-7-26-20(25,17(18)19)15(23)9(2)11(19)6-14(22)27-13/h4,10-11,13,15-17,23-25H,2,5-7H2,1,3H3/t10-,11-,13+,15-,16-,17+,18+,19+,20-/m0/s1. The van der Waals surface area contributed by atoms with Crippen LogP contribution in [0.3, 0.4) is 0 Å². The zero-order chi connectivity index (χ0) is 19.5. The van der Waals surface area contributed by atoms with Gasteiger partial charge in [-0.25, -0.2) is 0 Å². The molecule has 0 aromatic heterocycles. The highest BCUT2D eigenvalue weighted by Crippen LogP contribution is 2.73. The second-order valence-electron chi connectivity index (χ2n) is 9.15. The SMILES string of the molecule is C=C1[C@H](O)[C@]2(O)OC[C@]34[C@H]2[C@@]2(C)[C@@H](O)C(=O)C=C(C)[C@@H]2C[C@H]3OC(=O)C[C@@H]14. The highest BCUT2D eigenvalue weighted by Gasteiger charge is 2.81. The van der Waals surface area contributed by atoms with E-state index in [2.05, 4.69) is 6.58 Å². The lowest BCUT2D eigenvalue weighted by atomic mass is 9.39. The molecular formula is C20H24O7. The van der Waals surface area contributed by atoms with Gasteiger partial charge in [-0.15, -0.1) is 0 Å². The zero-order valence-corrected chi connectivity index (χ0v) is 15.3. The van der Waals surface area contributed by atoms with E-state index in [1.54, 1.807) is 6.92 Å². The molecule has 1 spiro atoms. The molecule has 7 nitrogen and oxygen atoms in total. The second-order valence-corrected chi connectivity index (χ2v) is 9.15. The summed E-state index contributed by atoms with van der Waals surface area (Å²) in [4.78, 5) is 24.8. The van der Waals surface area contributed by atoms with Crippen molar-refractivity contribution < 1.29 is 34.4 Å². The van der Waals surface area contributed by atoms with Crippen LogP contribution in [0.5, 0.6) is 0 Å². The van der Waals surface area contributed by atoms with Gasteiger partial charge in [0.1, 0.15) is 18.3 Å². The van der Waals surface area contributed by atoms with Gasteiger partial charge in [0.05, 0.1) is 13.0 Å². The summed E-state index contributed by atoms with van der Waals surface area (Å²) >= 11 is 0. The van der Waals surface area contributed by atoms with Gasteiger partial charge >= 0.3 is 5.97 Å². The summed E-state index contributed by atoms with van der Waals surface area (Å²) in [6, 6.07) is 0. The van der Waals surface area contributed by atoms with Gasteiger partial charge in [-0.1, -0.05) is 19.1 Å². The van der Waals surface area contributed by atoms with Gasteiger partial charge in [0, 0.05) is 22.7 Å². The molecule has 7 heteroatoms. The molecule has 3 N–H and O–H groups in total. The van der Waals surface area contributed by atoms with E-state index in [4.69, 9.17) is 9.47 Å². The third kappa shape index (κ3) is 1.69. The minimum Gasteiger partial charge on any atom is -0.462 e. The molecule has 2 saturated heterocycles. The fourth-order valence-electron chi connectivity index (χ4n) is 7.14. The van der Waals surface area contributed by atoms with Crippen LogP contribution in [0.25, 0.3) is 0 Å². The predicted molar refractivity (Wildman–Crippen MR) is 90.9 cm³/mol. The van der Waals surface area contributed by atoms with Crippen LogP contribution in [-0.2, 0) is 19.1 Å². The minimum atomic E-state index is -1.98. The molecule has 0 radical (unpaired) electrons. The van der Waals surface area contributed by atoms with E-state index in [9.17, 15) is 24.9 Å². The first-order valence-corrected chi connectivity index (χ1v) is 9.41. The van der Waals surface area contributed by atoms with Gasteiger partial charge in [0.15, 0.2) is 11.6 Å². The summed E-state index contributed by atoms with van der Waals surface area (Å²) < 4.78 is 11.5. The summed E-state index contributed by atoms with van der Waals surface area (Å²) in [5, 5.41) is 33.3. The molecule has 0 amide bonds. The summed E-state index contributed by atoms with van der Waals surface area (Å²) in [6.07, 6.45) is -1.36. The van der Waals surface area contributed by atoms with E-state index in [1.807, 2.05) is 6.92 Å². The van der Waals surface area contributed by atoms with Gasteiger partial charge in [-0.05, 0) is 30.9 Å². The Bertz CT molecular complexity index is 817. The van der Waals surface area contributed by atoms with Gasteiger partial charge in [0.25, 0.3) is 0 Å². The molecule has 2 saturated carbocycles. The van der Waals surface area contributed by atoms with Gasteiger partial charge in [0.2, 0.25) is 0 Å². The first kappa shape index (κ1) is 17.6. The number of rotatable bonds is 0. The van der Waals surface area contributed by atoms with Crippen molar-refractivity contribution >= 4 is 11.8 Å². The number of carbonyl (C=O) groups excluding carboxylic acids is 2. The fourth-order valence-corrected chi connectivity index (χ4v) is 7.14. The Balaban J connectivity index is 1.79. The van der Waals surface area contributed by atoms with Crippen molar-refractivity contribution in [2.45, 2.75) is 50.8 Å². The maximum absolute atomic E-state index is 12.5. The number of hydrogen-bond donors (Lipinski definition) is 3. The Morgan fingerprint density at radius 3 is 2.63 bits per heavy atom. The Kier molecular flexibility index (Phi) is 3.18. The van der Waals surface area contributed by atoms with Crippen LogP contribution in [0, 0.1) is 28.6 Å². The van der Waals surface area contributed by atoms with E-state index in [0.717, 1.165) is 5.57 Å². The van der Waals surface area contributed by atoms with E-state index < -0.39 is 52.5 Å². The van der Waals surface area contributed by atoms with Crippen LogP contribution in [0.4, 0.5) is 0 Å². The molecule has 0 aromatic carbocycles. The molecule has 4 fully saturated rings. The number of carbonyl (C=O) groups is 2. The summed E-state index contributed by atoms with van der Waals surface area (Å²) in [6.45, 7) is 7.64. The first-order valence-electron chi connectivity index (χ1n) is 9.41. The molecule has 0 unspecified atom stereocenters. The van der Waals surface area contributed by atoms with Crippen molar-refractivity contribution in [1.29, 1.82) is 0 Å². The van der Waals surface area contributed by atoms with Crippen molar-refractivity contribution in [2.75, 3.05) is 6.61 Å². The molecule has 3 aliphatic carbocycles. The molecule has 5 aliphatic rings. The monoisotopic (exact) mass is 376 g/mol. The van der Waals surface area contributed by atoms with Crippen molar-refractivity contribution in [3.63, 3.8) is 0 Å². The van der Waals surface area contributed by atoms with Gasteiger partial charge in [-0.2, -0.15) is 0 Å². The number of hydrogen-bond acceptors (Lipinski definition) is 7. The Hall–Kier alpha value is -1.54. The van der Waals surface area contributed by atoms with Crippen LogP contribution in [0.1, 0.15) is 26.7 Å². The lowest BCUT2D eigenvalue weighted by Crippen LogP contribution is -2.74.